The van der Waals surface area contributed by atoms with Crippen molar-refractivity contribution < 1.29 is 19.1 Å². The van der Waals surface area contributed by atoms with E-state index in [1.165, 1.54) is 26.0 Å². The summed E-state index contributed by atoms with van der Waals surface area (Å²) in [4.78, 5) is 24.7. The zero-order valence-electron chi connectivity index (χ0n) is 15.1. The summed E-state index contributed by atoms with van der Waals surface area (Å²) in [6.07, 6.45) is 4.60. The highest BCUT2D eigenvalue weighted by Crippen LogP contribution is 2.46. The molecule has 2 fully saturated rings. The van der Waals surface area contributed by atoms with Crippen LogP contribution in [-0.4, -0.2) is 40.9 Å². The van der Waals surface area contributed by atoms with E-state index < -0.39 is 11.9 Å². The van der Waals surface area contributed by atoms with Crippen LogP contribution in [0.1, 0.15) is 69.1 Å². The van der Waals surface area contributed by atoms with Crippen molar-refractivity contribution in [2.24, 2.45) is 0 Å². The van der Waals surface area contributed by atoms with Crippen LogP contribution in [0.25, 0.3) is 0 Å². The zero-order valence-corrected chi connectivity index (χ0v) is 16.7. The Bertz CT molecular complexity index is 899. The van der Waals surface area contributed by atoms with Gasteiger partial charge < -0.3 is 19.8 Å². The van der Waals surface area contributed by atoms with E-state index in [1.807, 2.05) is 0 Å². The maximum absolute atomic E-state index is 12.2. The van der Waals surface area contributed by atoms with Gasteiger partial charge in [-0.2, -0.15) is 0 Å². The highest BCUT2D eigenvalue weighted by Gasteiger charge is 2.36. The Morgan fingerprint density at radius 2 is 1.89 bits per heavy atom. The van der Waals surface area contributed by atoms with Gasteiger partial charge in [-0.25, -0.2) is 9.59 Å². The number of aromatic nitrogens is 3. The Morgan fingerprint density at radius 1 is 1.19 bits per heavy atom. The van der Waals surface area contributed by atoms with Gasteiger partial charge in [0, 0.05) is 23.3 Å². The second-order valence-corrected chi connectivity index (χ2v) is 8.63. The summed E-state index contributed by atoms with van der Waals surface area (Å²) in [7, 11) is 2.60. The fraction of sp³-hybridized carbons (Fsp3) is 0.529. The molecule has 0 unspecified atom stereocenters. The standard InChI is InChI=1S/C17H20N4O4S2/c1-24-15(22)11-10(12(16(23)25-2)27-13(11)18)7-26-17-20-19-14(8-3-4-8)21(17)9-5-6-9/h8-9H,3-7,18H2,1-2H3. The first-order valence-corrected chi connectivity index (χ1v) is 10.5. The van der Waals surface area contributed by atoms with E-state index in [9.17, 15) is 9.59 Å². The molecule has 2 aliphatic carbocycles. The minimum Gasteiger partial charge on any atom is -0.465 e. The molecule has 2 aromatic heterocycles. The molecule has 0 radical (unpaired) electrons. The first kappa shape index (κ1) is 18.3. The van der Waals surface area contributed by atoms with Crippen molar-refractivity contribution in [1.29, 1.82) is 0 Å². The predicted molar refractivity (Wildman–Crippen MR) is 101 cm³/mol. The molecule has 0 saturated heterocycles. The largest absolute Gasteiger partial charge is 0.465 e. The van der Waals surface area contributed by atoms with Crippen LogP contribution < -0.4 is 5.73 Å². The molecule has 0 spiro atoms. The third-order valence-corrected chi connectivity index (χ3v) is 6.70. The first-order chi connectivity index (χ1) is 13.0. The number of nitrogens with two attached hydrogens (primary N) is 1. The number of anilines is 1. The summed E-state index contributed by atoms with van der Waals surface area (Å²) in [5.41, 5.74) is 6.75. The number of thiophene rings is 1. The van der Waals surface area contributed by atoms with E-state index in [4.69, 9.17) is 15.2 Å². The number of thioether (sulfide) groups is 1. The number of nitrogen functional groups attached to an aromatic ring is 1. The van der Waals surface area contributed by atoms with Crippen LogP contribution >= 0.6 is 23.1 Å². The zero-order chi connectivity index (χ0) is 19.1. The molecule has 2 heterocycles. The predicted octanol–water partition coefficient (Wildman–Crippen LogP) is 3.00. The minimum absolute atomic E-state index is 0.232. The molecule has 2 aliphatic rings. The average molecular weight is 409 g/mol. The van der Waals surface area contributed by atoms with Gasteiger partial charge in [0.15, 0.2) is 5.16 Å². The molecule has 144 valence electrons. The van der Waals surface area contributed by atoms with Gasteiger partial charge in [-0.1, -0.05) is 11.8 Å². The van der Waals surface area contributed by atoms with Gasteiger partial charge in [0.25, 0.3) is 0 Å². The van der Waals surface area contributed by atoms with Crippen LogP contribution in [-0.2, 0) is 15.2 Å². The number of hydrogen-bond acceptors (Lipinski definition) is 9. The van der Waals surface area contributed by atoms with Crippen molar-refractivity contribution in [3.63, 3.8) is 0 Å². The van der Waals surface area contributed by atoms with Crippen molar-refractivity contribution >= 4 is 40.0 Å². The van der Waals surface area contributed by atoms with Crippen LogP contribution in [0.4, 0.5) is 5.00 Å². The summed E-state index contributed by atoms with van der Waals surface area (Å²) in [6, 6.07) is 0.464. The van der Waals surface area contributed by atoms with Crippen molar-refractivity contribution in [3.05, 3.63) is 21.8 Å². The molecule has 2 saturated carbocycles. The number of carbonyl (C=O) groups is 2. The van der Waals surface area contributed by atoms with Gasteiger partial charge in [-0.05, 0) is 25.7 Å². The summed E-state index contributed by atoms with van der Waals surface area (Å²) in [5.74, 6) is 0.862. The van der Waals surface area contributed by atoms with Gasteiger partial charge in [0.2, 0.25) is 0 Å². The summed E-state index contributed by atoms with van der Waals surface area (Å²) in [5, 5.41) is 9.82. The molecule has 8 nitrogen and oxygen atoms in total. The number of ether oxygens (including phenoxy) is 2. The Kier molecular flexibility index (Phi) is 4.85. The van der Waals surface area contributed by atoms with E-state index >= 15 is 0 Å². The monoisotopic (exact) mass is 408 g/mol. The second kappa shape index (κ2) is 7.16. The Balaban J connectivity index is 1.65. The van der Waals surface area contributed by atoms with E-state index in [-0.39, 0.29) is 10.6 Å². The normalized spacial score (nSPS) is 16.4. The Hall–Kier alpha value is -2.07. The molecule has 2 aromatic rings. The van der Waals surface area contributed by atoms with Gasteiger partial charge >= 0.3 is 11.9 Å². The molecular formula is C17H20N4O4S2. The molecule has 0 atom stereocenters. The van der Waals surface area contributed by atoms with Gasteiger partial charge in [0.1, 0.15) is 15.7 Å². The van der Waals surface area contributed by atoms with E-state index in [0.29, 0.717) is 28.2 Å². The molecule has 4 rings (SSSR count). The fourth-order valence-corrected chi connectivity index (χ4v) is 5.15. The fourth-order valence-electron chi connectivity index (χ4n) is 3.03. The highest BCUT2D eigenvalue weighted by atomic mass is 32.2. The van der Waals surface area contributed by atoms with E-state index in [1.54, 1.807) is 0 Å². The number of esters is 2. The summed E-state index contributed by atoms with van der Waals surface area (Å²) < 4.78 is 11.9. The minimum atomic E-state index is -0.558. The van der Waals surface area contributed by atoms with Crippen LogP contribution in [0.15, 0.2) is 5.16 Å². The van der Waals surface area contributed by atoms with Gasteiger partial charge in [-0.15, -0.1) is 21.5 Å². The summed E-state index contributed by atoms with van der Waals surface area (Å²) >= 11 is 2.50. The van der Waals surface area contributed by atoms with E-state index in [0.717, 1.165) is 48.0 Å². The van der Waals surface area contributed by atoms with Crippen molar-refractivity contribution in [2.75, 3.05) is 20.0 Å². The molecule has 0 amide bonds. The lowest BCUT2D eigenvalue weighted by atomic mass is 10.1. The molecule has 0 bridgehead atoms. The molecule has 10 heteroatoms. The molecule has 0 aromatic carbocycles. The SMILES string of the molecule is COC(=O)c1sc(N)c(C(=O)OC)c1CSc1nnc(C2CC2)n1C1CC1. The molecule has 0 aliphatic heterocycles. The maximum Gasteiger partial charge on any atom is 0.348 e. The Morgan fingerprint density at radius 3 is 2.48 bits per heavy atom. The van der Waals surface area contributed by atoms with E-state index in [2.05, 4.69) is 14.8 Å². The quantitative estimate of drug-likeness (QED) is 0.550. The topological polar surface area (TPSA) is 109 Å². The summed E-state index contributed by atoms with van der Waals surface area (Å²) in [6.45, 7) is 0. The smallest absolute Gasteiger partial charge is 0.348 e. The highest BCUT2D eigenvalue weighted by molar-refractivity contribution is 7.98. The van der Waals surface area contributed by atoms with Crippen LogP contribution in [0.2, 0.25) is 0 Å². The first-order valence-electron chi connectivity index (χ1n) is 8.70. The van der Waals surface area contributed by atoms with Crippen molar-refractivity contribution in [3.8, 4) is 0 Å². The Labute approximate surface area is 164 Å². The molecular weight excluding hydrogens is 388 g/mol. The number of methoxy groups -OCH3 is 2. The maximum atomic E-state index is 12.2. The number of hydrogen-bond donors (Lipinski definition) is 1. The number of carbonyl (C=O) groups excluding carboxylic acids is 2. The second-order valence-electron chi connectivity index (χ2n) is 6.64. The van der Waals surface area contributed by atoms with Crippen LogP contribution in [0.5, 0.6) is 0 Å². The van der Waals surface area contributed by atoms with Crippen LogP contribution in [0, 0.1) is 0 Å². The number of rotatable bonds is 7. The lowest BCUT2D eigenvalue weighted by Gasteiger charge is -2.09. The lowest BCUT2D eigenvalue weighted by molar-refractivity contribution is 0.0601. The third-order valence-electron chi connectivity index (χ3n) is 4.69. The third kappa shape index (κ3) is 3.43. The molecule has 27 heavy (non-hydrogen) atoms. The average Bonchev–Trinajstić information content (AvgIpc) is 3.60. The lowest BCUT2D eigenvalue weighted by Crippen LogP contribution is -2.09. The number of nitrogens with zero attached hydrogens (tertiary/aromatic N) is 3. The van der Waals surface area contributed by atoms with Crippen molar-refractivity contribution in [1.82, 2.24) is 14.8 Å². The molecule has 2 N–H and O–H groups in total. The van der Waals surface area contributed by atoms with Crippen LogP contribution in [0.3, 0.4) is 0 Å². The van der Waals surface area contributed by atoms with Gasteiger partial charge in [-0.3, -0.25) is 0 Å². The van der Waals surface area contributed by atoms with Gasteiger partial charge in [0.05, 0.1) is 19.8 Å². The van der Waals surface area contributed by atoms with Crippen molar-refractivity contribution in [2.45, 2.75) is 48.6 Å².